The zero-order valence-electron chi connectivity index (χ0n) is 22.5. The lowest BCUT2D eigenvalue weighted by molar-refractivity contribution is -0.245. The third-order valence-corrected chi connectivity index (χ3v) is 8.61. The summed E-state index contributed by atoms with van der Waals surface area (Å²) in [6.07, 6.45) is 3.25. The zero-order valence-corrected chi connectivity index (χ0v) is 24.1. The summed E-state index contributed by atoms with van der Waals surface area (Å²) in [6.45, 7) is 1.92. The predicted molar refractivity (Wildman–Crippen MR) is 154 cm³/mol. The standard InChI is InChI=1S/C29H35N3O6S2/c1-19-31-32-29(40-19)39-18-24-16-25(21-13-11-20(17-33)12-14-21)38-28(37-24)22-7-6-8-23(15-22)30-26(34)9-4-2-3-5-10-27(35)36/h6-8,11-15,24-25,28,33H,2-5,9-10,16-18H2,1H3,(H,30,34)(H,35,36). The van der Waals surface area contributed by atoms with Crippen molar-refractivity contribution in [3.8, 4) is 0 Å². The van der Waals surface area contributed by atoms with Crippen molar-refractivity contribution in [2.75, 3.05) is 11.1 Å². The van der Waals surface area contributed by atoms with Crippen molar-refractivity contribution in [3.63, 3.8) is 0 Å². The minimum Gasteiger partial charge on any atom is -0.481 e. The molecule has 0 aliphatic carbocycles. The Morgan fingerprint density at radius 3 is 2.50 bits per heavy atom. The molecule has 9 nitrogen and oxygen atoms in total. The summed E-state index contributed by atoms with van der Waals surface area (Å²) in [5.41, 5.74) is 3.34. The molecule has 2 aromatic carbocycles. The van der Waals surface area contributed by atoms with E-state index in [1.165, 1.54) is 0 Å². The number of carbonyl (C=O) groups is 2. The zero-order chi connectivity index (χ0) is 28.3. The molecule has 4 rings (SSSR count). The van der Waals surface area contributed by atoms with Gasteiger partial charge in [0.05, 0.1) is 18.8 Å². The van der Waals surface area contributed by atoms with Crippen LogP contribution < -0.4 is 5.32 Å². The molecule has 3 atom stereocenters. The molecule has 1 aliphatic heterocycles. The Kier molecular flexibility index (Phi) is 11.5. The largest absolute Gasteiger partial charge is 0.481 e. The van der Waals surface area contributed by atoms with Gasteiger partial charge in [-0.05, 0) is 43.0 Å². The number of hydrogen-bond acceptors (Lipinski definition) is 9. The average Bonchev–Trinajstić information content (AvgIpc) is 3.38. The van der Waals surface area contributed by atoms with Gasteiger partial charge in [-0.15, -0.1) is 10.2 Å². The highest BCUT2D eigenvalue weighted by molar-refractivity contribution is 8.01. The van der Waals surface area contributed by atoms with Gasteiger partial charge in [-0.1, -0.05) is 72.3 Å². The van der Waals surface area contributed by atoms with Gasteiger partial charge in [0.15, 0.2) is 10.6 Å². The molecule has 40 heavy (non-hydrogen) atoms. The van der Waals surface area contributed by atoms with Crippen molar-refractivity contribution >= 4 is 40.7 Å². The van der Waals surface area contributed by atoms with E-state index in [4.69, 9.17) is 14.6 Å². The van der Waals surface area contributed by atoms with Crippen molar-refractivity contribution < 1.29 is 29.3 Å². The number of hydrogen-bond donors (Lipinski definition) is 3. The lowest BCUT2D eigenvalue weighted by Crippen LogP contribution is -2.31. The summed E-state index contributed by atoms with van der Waals surface area (Å²) in [7, 11) is 0. The van der Waals surface area contributed by atoms with Crippen LogP contribution in [-0.2, 0) is 25.7 Å². The van der Waals surface area contributed by atoms with Gasteiger partial charge in [0, 0.05) is 36.3 Å². The van der Waals surface area contributed by atoms with Crippen LogP contribution in [-0.4, -0.2) is 44.1 Å². The highest BCUT2D eigenvalue weighted by Gasteiger charge is 2.32. The summed E-state index contributed by atoms with van der Waals surface area (Å²) in [4.78, 5) is 23.1. The van der Waals surface area contributed by atoms with E-state index in [2.05, 4.69) is 15.5 Å². The molecule has 11 heteroatoms. The number of ether oxygens (including phenoxy) is 2. The van der Waals surface area contributed by atoms with Crippen LogP contribution in [0.1, 0.15) is 79.0 Å². The molecule has 0 spiro atoms. The second-order valence-corrected chi connectivity index (χ2v) is 12.2. The highest BCUT2D eigenvalue weighted by atomic mass is 32.2. The number of rotatable bonds is 14. The third-order valence-electron chi connectivity index (χ3n) is 6.50. The summed E-state index contributed by atoms with van der Waals surface area (Å²) in [5.74, 6) is -0.168. The first-order valence-corrected chi connectivity index (χ1v) is 15.2. The Bertz CT molecular complexity index is 1250. The van der Waals surface area contributed by atoms with Crippen molar-refractivity contribution in [3.05, 3.63) is 70.2 Å². The van der Waals surface area contributed by atoms with Crippen LogP contribution in [0.4, 0.5) is 5.69 Å². The highest BCUT2D eigenvalue weighted by Crippen LogP contribution is 2.40. The van der Waals surface area contributed by atoms with Crippen LogP contribution >= 0.6 is 23.1 Å². The van der Waals surface area contributed by atoms with Crippen molar-refractivity contribution in [1.82, 2.24) is 10.2 Å². The fourth-order valence-corrected chi connectivity index (χ4v) is 6.28. The topological polar surface area (TPSA) is 131 Å². The quantitative estimate of drug-likeness (QED) is 0.153. The van der Waals surface area contributed by atoms with E-state index in [0.29, 0.717) is 37.1 Å². The number of aromatic nitrogens is 2. The number of aliphatic hydroxyl groups is 1. The van der Waals surface area contributed by atoms with Crippen LogP contribution in [0.2, 0.25) is 0 Å². The number of anilines is 1. The summed E-state index contributed by atoms with van der Waals surface area (Å²) >= 11 is 3.18. The van der Waals surface area contributed by atoms with Crippen LogP contribution in [0.15, 0.2) is 52.9 Å². The molecule has 3 unspecified atom stereocenters. The second kappa shape index (κ2) is 15.2. The van der Waals surface area contributed by atoms with Crippen molar-refractivity contribution in [2.24, 2.45) is 0 Å². The Morgan fingerprint density at radius 1 is 1.02 bits per heavy atom. The first kappa shape index (κ1) is 30.1. The number of aliphatic hydroxyl groups excluding tert-OH is 1. The van der Waals surface area contributed by atoms with Gasteiger partial charge in [0.25, 0.3) is 0 Å². The van der Waals surface area contributed by atoms with Crippen molar-refractivity contribution in [1.29, 1.82) is 0 Å². The number of benzene rings is 2. The summed E-state index contributed by atoms with van der Waals surface area (Å²) in [6, 6.07) is 15.3. The van der Waals surface area contributed by atoms with Crippen LogP contribution in [0.5, 0.6) is 0 Å². The molecule has 3 aromatic rings. The van der Waals surface area contributed by atoms with Crippen LogP contribution in [0.3, 0.4) is 0 Å². The molecule has 1 amide bonds. The molecule has 0 saturated carbocycles. The lowest BCUT2D eigenvalue weighted by atomic mass is 10.0. The van der Waals surface area contributed by atoms with Gasteiger partial charge in [0.2, 0.25) is 5.91 Å². The number of nitrogens with zero attached hydrogens (tertiary/aromatic N) is 2. The minimum absolute atomic E-state index is 0.0126. The maximum atomic E-state index is 12.5. The number of nitrogens with one attached hydrogen (secondary N) is 1. The van der Waals surface area contributed by atoms with E-state index in [0.717, 1.165) is 38.9 Å². The smallest absolute Gasteiger partial charge is 0.303 e. The maximum absolute atomic E-state index is 12.5. The Balaban J connectivity index is 1.39. The van der Waals surface area contributed by atoms with Gasteiger partial charge < -0.3 is 25.0 Å². The Morgan fingerprint density at radius 2 is 1.80 bits per heavy atom. The first-order chi connectivity index (χ1) is 19.4. The molecule has 1 aliphatic rings. The lowest BCUT2D eigenvalue weighted by Gasteiger charge is -2.36. The maximum Gasteiger partial charge on any atom is 0.303 e. The molecule has 0 radical (unpaired) electrons. The summed E-state index contributed by atoms with van der Waals surface area (Å²) < 4.78 is 13.7. The molecule has 2 heterocycles. The summed E-state index contributed by atoms with van der Waals surface area (Å²) in [5, 5.41) is 30.3. The molecule has 0 bridgehead atoms. The average molecular weight is 586 g/mol. The number of unbranched alkanes of at least 4 members (excludes halogenated alkanes) is 3. The van der Waals surface area contributed by atoms with E-state index < -0.39 is 12.3 Å². The SMILES string of the molecule is Cc1nnc(SCC2CC(c3ccc(CO)cc3)OC(c3cccc(NC(=O)CCCCCCC(=O)O)c3)O2)s1. The van der Waals surface area contributed by atoms with Gasteiger partial charge in [-0.2, -0.15) is 0 Å². The number of amides is 1. The van der Waals surface area contributed by atoms with Gasteiger partial charge >= 0.3 is 5.97 Å². The van der Waals surface area contributed by atoms with Crippen LogP contribution in [0, 0.1) is 6.92 Å². The van der Waals surface area contributed by atoms with E-state index in [-0.39, 0.29) is 31.1 Å². The number of carbonyl (C=O) groups excluding carboxylic acids is 1. The predicted octanol–water partition coefficient (Wildman–Crippen LogP) is 6.04. The first-order valence-electron chi connectivity index (χ1n) is 13.4. The van der Waals surface area contributed by atoms with E-state index >= 15 is 0 Å². The van der Waals surface area contributed by atoms with Gasteiger partial charge in [-0.25, -0.2) is 0 Å². The molecular weight excluding hydrogens is 550 g/mol. The Labute approximate surface area is 242 Å². The number of aryl methyl sites for hydroxylation is 1. The molecule has 3 N–H and O–H groups in total. The number of thioether (sulfide) groups is 1. The van der Waals surface area contributed by atoms with E-state index in [9.17, 15) is 14.7 Å². The molecule has 1 saturated heterocycles. The number of carboxylic acid groups (broad SMARTS) is 1. The Hall–Kier alpha value is -2.83. The molecule has 1 fully saturated rings. The van der Waals surface area contributed by atoms with Crippen molar-refractivity contribution in [2.45, 2.75) is 81.3 Å². The van der Waals surface area contributed by atoms with E-state index in [1.807, 2.05) is 55.5 Å². The minimum atomic E-state index is -0.786. The number of aliphatic carboxylic acids is 1. The van der Waals surface area contributed by atoms with E-state index in [1.54, 1.807) is 23.1 Å². The fraction of sp³-hybridized carbons (Fsp3) is 0.448. The fourth-order valence-electron chi connectivity index (χ4n) is 4.43. The van der Waals surface area contributed by atoms with Gasteiger partial charge in [-0.3, -0.25) is 9.59 Å². The molecule has 1 aromatic heterocycles. The molecular formula is C29H35N3O6S2. The monoisotopic (exact) mass is 585 g/mol. The second-order valence-electron chi connectivity index (χ2n) is 9.73. The normalized spacial score (nSPS) is 18.9. The molecule has 214 valence electrons. The van der Waals surface area contributed by atoms with Gasteiger partial charge in [0.1, 0.15) is 5.01 Å². The number of carboxylic acids is 1. The van der Waals surface area contributed by atoms with Crippen LogP contribution in [0.25, 0.3) is 0 Å². The third kappa shape index (κ3) is 9.38.